The third-order valence-electron chi connectivity index (χ3n) is 1.36. The van der Waals surface area contributed by atoms with E-state index in [1.807, 2.05) is 6.92 Å². The van der Waals surface area contributed by atoms with Gasteiger partial charge >= 0.3 is 0 Å². The fourth-order valence-electron chi connectivity index (χ4n) is 0.766. The van der Waals surface area contributed by atoms with Crippen molar-refractivity contribution in [3.8, 4) is 0 Å². The molecule has 0 aliphatic carbocycles. The second-order valence-electron chi connectivity index (χ2n) is 2.07. The lowest BCUT2D eigenvalue weighted by Gasteiger charge is -2.19. The molecule has 0 saturated heterocycles. The molecule has 0 spiro atoms. The predicted molar refractivity (Wildman–Crippen MR) is 42.4 cm³/mol. The molecule has 0 aromatic carbocycles. The monoisotopic (exact) mass is 158 g/mol. The molecule has 1 rings (SSSR count). The minimum Gasteiger partial charge on any atom is -0.363 e. The molecule has 0 fully saturated rings. The summed E-state index contributed by atoms with van der Waals surface area (Å²) in [4.78, 5) is 11.0. The van der Waals surface area contributed by atoms with Crippen molar-refractivity contribution >= 4 is 18.5 Å². The Bertz CT molecular complexity index is 179. The van der Waals surface area contributed by atoms with Gasteiger partial charge in [-0.05, 0) is 6.42 Å². The van der Waals surface area contributed by atoms with Gasteiger partial charge in [0.2, 0.25) is 0 Å². The summed E-state index contributed by atoms with van der Waals surface area (Å²) in [5.74, 6) is -0.0266. The molecule has 2 N–H and O–H groups in total. The number of nitrogens with one attached hydrogen (secondary N) is 2. The van der Waals surface area contributed by atoms with Gasteiger partial charge in [-0.3, -0.25) is 4.79 Å². The Balaban J connectivity index is 2.66. The van der Waals surface area contributed by atoms with Crippen LogP contribution >= 0.6 is 12.6 Å². The lowest BCUT2D eigenvalue weighted by atomic mass is 10.2. The van der Waals surface area contributed by atoms with Crippen molar-refractivity contribution in [2.45, 2.75) is 18.8 Å². The van der Waals surface area contributed by atoms with E-state index in [9.17, 15) is 4.79 Å². The standard InChI is InChI=1S/C6H10N2OS/c1-2-4-3-7-6(10)8-5(4)9/h3,6-7,10H,2H2,1H3,(H,8,9). The summed E-state index contributed by atoms with van der Waals surface area (Å²) in [5.41, 5.74) is 0.535. The quantitative estimate of drug-likeness (QED) is 0.478. The number of hydrogen-bond acceptors (Lipinski definition) is 3. The number of amides is 1. The van der Waals surface area contributed by atoms with E-state index in [2.05, 4.69) is 23.3 Å². The van der Waals surface area contributed by atoms with Crippen LogP contribution in [0.25, 0.3) is 0 Å². The molecule has 1 aliphatic rings. The maximum atomic E-state index is 11.0. The molecule has 1 atom stereocenters. The second kappa shape index (κ2) is 2.96. The first-order valence-electron chi connectivity index (χ1n) is 3.18. The predicted octanol–water partition coefficient (Wildman–Crippen LogP) is 0.213. The van der Waals surface area contributed by atoms with Gasteiger partial charge in [-0.15, -0.1) is 12.6 Å². The minimum absolute atomic E-state index is 0.0266. The SMILES string of the molecule is CCC1=CNC(S)NC1=O. The molecule has 1 aliphatic heterocycles. The molecular weight excluding hydrogens is 148 g/mol. The first kappa shape index (κ1) is 7.47. The summed E-state index contributed by atoms with van der Waals surface area (Å²) < 4.78 is 0. The number of rotatable bonds is 1. The van der Waals surface area contributed by atoms with Crippen LogP contribution in [-0.2, 0) is 4.79 Å². The van der Waals surface area contributed by atoms with Crippen LogP contribution in [-0.4, -0.2) is 11.4 Å². The number of carbonyl (C=O) groups is 1. The summed E-state index contributed by atoms with van der Waals surface area (Å²) in [6.45, 7) is 1.94. The zero-order valence-corrected chi connectivity index (χ0v) is 6.61. The lowest BCUT2D eigenvalue weighted by molar-refractivity contribution is -0.118. The van der Waals surface area contributed by atoms with E-state index < -0.39 is 0 Å². The molecule has 0 radical (unpaired) electrons. The summed E-state index contributed by atoms with van der Waals surface area (Å²) in [7, 11) is 0. The van der Waals surface area contributed by atoms with Crippen molar-refractivity contribution in [2.75, 3.05) is 0 Å². The van der Waals surface area contributed by atoms with E-state index in [1.54, 1.807) is 6.20 Å². The minimum atomic E-state index is -0.234. The van der Waals surface area contributed by atoms with Crippen LogP contribution in [0.1, 0.15) is 13.3 Å². The summed E-state index contributed by atoms with van der Waals surface area (Å²) in [6.07, 6.45) is 2.45. The van der Waals surface area contributed by atoms with Gasteiger partial charge in [-0.2, -0.15) is 0 Å². The molecule has 1 unspecified atom stereocenters. The summed E-state index contributed by atoms with van der Waals surface area (Å²) in [5, 5.41) is 5.51. The molecule has 0 aromatic rings. The highest BCUT2D eigenvalue weighted by atomic mass is 32.1. The van der Waals surface area contributed by atoms with Crippen LogP contribution in [0.5, 0.6) is 0 Å². The van der Waals surface area contributed by atoms with Crippen LogP contribution in [0.3, 0.4) is 0 Å². The van der Waals surface area contributed by atoms with E-state index in [0.717, 1.165) is 12.0 Å². The third-order valence-corrected chi connectivity index (χ3v) is 1.63. The average Bonchev–Trinajstić information content (AvgIpc) is 1.88. The van der Waals surface area contributed by atoms with E-state index in [0.29, 0.717) is 0 Å². The van der Waals surface area contributed by atoms with Gasteiger partial charge in [-0.25, -0.2) is 0 Å². The Kier molecular flexibility index (Phi) is 2.21. The van der Waals surface area contributed by atoms with Gasteiger partial charge in [0.25, 0.3) is 5.91 Å². The van der Waals surface area contributed by atoms with Crippen molar-refractivity contribution in [1.82, 2.24) is 10.6 Å². The van der Waals surface area contributed by atoms with Crippen LogP contribution in [0.2, 0.25) is 0 Å². The van der Waals surface area contributed by atoms with Gasteiger partial charge < -0.3 is 10.6 Å². The van der Waals surface area contributed by atoms with Gasteiger partial charge in [0.05, 0.1) is 0 Å². The van der Waals surface area contributed by atoms with Gasteiger partial charge in [0.15, 0.2) is 0 Å². The van der Waals surface area contributed by atoms with Crippen molar-refractivity contribution < 1.29 is 4.79 Å². The van der Waals surface area contributed by atoms with Gasteiger partial charge in [0, 0.05) is 11.8 Å². The molecule has 56 valence electrons. The average molecular weight is 158 g/mol. The first-order chi connectivity index (χ1) is 4.74. The fraction of sp³-hybridized carbons (Fsp3) is 0.500. The third kappa shape index (κ3) is 1.44. The van der Waals surface area contributed by atoms with E-state index >= 15 is 0 Å². The van der Waals surface area contributed by atoms with Crippen LogP contribution in [0, 0.1) is 0 Å². The van der Waals surface area contributed by atoms with Crippen molar-refractivity contribution in [1.29, 1.82) is 0 Å². The van der Waals surface area contributed by atoms with Crippen LogP contribution in [0.15, 0.2) is 11.8 Å². The Hall–Kier alpha value is -0.640. The number of hydrogen-bond donors (Lipinski definition) is 3. The largest absolute Gasteiger partial charge is 0.363 e. The second-order valence-corrected chi connectivity index (χ2v) is 2.58. The fourth-order valence-corrected chi connectivity index (χ4v) is 0.958. The normalized spacial score (nSPS) is 24.8. The highest BCUT2D eigenvalue weighted by molar-refractivity contribution is 7.80. The van der Waals surface area contributed by atoms with E-state index in [-0.39, 0.29) is 11.4 Å². The molecule has 1 heterocycles. The van der Waals surface area contributed by atoms with Gasteiger partial charge in [-0.1, -0.05) is 6.92 Å². The Morgan fingerprint density at radius 1 is 1.80 bits per heavy atom. The Morgan fingerprint density at radius 3 is 3.00 bits per heavy atom. The topological polar surface area (TPSA) is 41.1 Å². The molecule has 0 aromatic heterocycles. The van der Waals surface area contributed by atoms with Crippen LogP contribution in [0.4, 0.5) is 0 Å². The lowest BCUT2D eigenvalue weighted by Crippen LogP contribution is -2.44. The molecule has 0 bridgehead atoms. The van der Waals surface area contributed by atoms with Crippen molar-refractivity contribution in [3.05, 3.63) is 11.8 Å². The summed E-state index contributed by atoms with van der Waals surface area (Å²) in [6, 6.07) is 0. The Labute approximate surface area is 65.3 Å². The van der Waals surface area contributed by atoms with E-state index in [4.69, 9.17) is 0 Å². The maximum Gasteiger partial charge on any atom is 0.250 e. The molecule has 10 heavy (non-hydrogen) atoms. The highest BCUT2D eigenvalue weighted by Crippen LogP contribution is 2.04. The smallest absolute Gasteiger partial charge is 0.250 e. The molecule has 4 heteroatoms. The molecule has 0 saturated carbocycles. The summed E-state index contributed by atoms with van der Waals surface area (Å²) >= 11 is 4.01. The molecule has 3 nitrogen and oxygen atoms in total. The zero-order chi connectivity index (χ0) is 7.56. The Morgan fingerprint density at radius 2 is 2.50 bits per heavy atom. The van der Waals surface area contributed by atoms with Crippen molar-refractivity contribution in [2.24, 2.45) is 0 Å². The molecule has 1 amide bonds. The van der Waals surface area contributed by atoms with Gasteiger partial charge in [0.1, 0.15) is 5.50 Å². The zero-order valence-electron chi connectivity index (χ0n) is 5.72. The maximum absolute atomic E-state index is 11.0. The number of carbonyl (C=O) groups excluding carboxylic acids is 1. The van der Waals surface area contributed by atoms with E-state index in [1.165, 1.54) is 0 Å². The number of thiol groups is 1. The first-order valence-corrected chi connectivity index (χ1v) is 3.69. The van der Waals surface area contributed by atoms with Crippen molar-refractivity contribution in [3.63, 3.8) is 0 Å². The highest BCUT2D eigenvalue weighted by Gasteiger charge is 2.14. The van der Waals surface area contributed by atoms with Crippen LogP contribution < -0.4 is 10.6 Å². The molecular formula is C6H10N2OS.